The molecular weight excluding hydrogens is 364 g/mol. The third kappa shape index (κ3) is 6.81. The quantitative estimate of drug-likeness (QED) is 0.543. The van der Waals surface area contributed by atoms with E-state index in [0.717, 1.165) is 12.8 Å². The Balaban J connectivity index is 1.36. The molecule has 0 aliphatic rings. The number of hydrogen-bond donors (Lipinski definition) is 2. The lowest BCUT2D eigenvalue weighted by atomic mass is 10.1. The van der Waals surface area contributed by atoms with E-state index in [4.69, 9.17) is 4.74 Å². The summed E-state index contributed by atoms with van der Waals surface area (Å²) in [7, 11) is 0. The summed E-state index contributed by atoms with van der Waals surface area (Å²) < 4.78 is 5.50. The number of aryl methyl sites for hydroxylation is 1. The van der Waals surface area contributed by atoms with Crippen molar-refractivity contribution in [3.05, 3.63) is 96.1 Å². The summed E-state index contributed by atoms with van der Waals surface area (Å²) >= 11 is 0. The summed E-state index contributed by atoms with van der Waals surface area (Å²) in [6, 6.07) is 26.1. The van der Waals surface area contributed by atoms with Gasteiger partial charge in [-0.2, -0.15) is 0 Å². The van der Waals surface area contributed by atoms with Crippen LogP contribution in [0.3, 0.4) is 0 Å². The van der Waals surface area contributed by atoms with Crippen LogP contribution in [0.4, 0.5) is 5.69 Å². The van der Waals surface area contributed by atoms with Crippen LogP contribution in [0.1, 0.15) is 22.3 Å². The second-order valence-corrected chi connectivity index (χ2v) is 6.57. The Hall–Kier alpha value is -3.60. The third-order valence-corrected chi connectivity index (χ3v) is 4.33. The van der Waals surface area contributed by atoms with Gasteiger partial charge in [-0.05, 0) is 54.8 Å². The second-order valence-electron chi connectivity index (χ2n) is 6.57. The maximum Gasteiger partial charge on any atom is 0.257 e. The van der Waals surface area contributed by atoms with Gasteiger partial charge in [0.1, 0.15) is 5.75 Å². The van der Waals surface area contributed by atoms with E-state index in [2.05, 4.69) is 22.8 Å². The summed E-state index contributed by atoms with van der Waals surface area (Å²) in [6.45, 7) is 0.572. The zero-order chi connectivity index (χ0) is 20.3. The summed E-state index contributed by atoms with van der Waals surface area (Å²) in [6.07, 6.45) is 1.81. The van der Waals surface area contributed by atoms with Crippen LogP contribution in [0.25, 0.3) is 0 Å². The fraction of sp³-hybridized carbons (Fsp3) is 0.167. The van der Waals surface area contributed by atoms with Crippen LogP contribution in [0, 0.1) is 0 Å². The van der Waals surface area contributed by atoms with E-state index < -0.39 is 0 Å². The third-order valence-electron chi connectivity index (χ3n) is 4.33. The van der Waals surface area contributed by atoms with Gasteiger partial charge >= 0.3 is 0 Å². The standard InChI is InChI=1S/C24H24N2O3/c27-23(25-17-7-10-19-8-3-1-4-9-19)18-29-22-15-13-21(14-16-22)26-24(28)20-11-5-2-6-12-20/h1-6,8-9,11-16H,7,10,17-18H2,(H,25,27)(H,26,28). The number of ether oxygens (including phenoxy) is 1. The first-order valence-electron chi connectivity index (χ1n) is 9.60. The lowest BCUT2D eigenvalue weighted by molar-refractivity contribution is -0.123. The molecule has 0 saturated carbocycles. The SMILES string of the molecule is O=C(COc1ccc(NC(=O)c2ccccc2)cc1)NCCCc1ccccc1. The fourth-order valence-electron chi connectivity index (χ4n) is 2.79. The number of amides is 2. The van der Waals surface area contributed by atoms with Crippen molar-refractivity contribution >= 4 is 17.5 Å². The Morgan fingerprint density at radius 1 is 0.793 bits per heavy atom. The molecule has 0 aromatic heterocycles. The predicted molar refractivity (Wildman–Crippen MR) is 114 cm³/mol. The minimum Gasteiger partial charge on any atom is -0.484 e. The van der Waals surface area contributed by atoms with Crippen LogP contribution in [0.5, 0.6) is 5.75 Å². The highest BCUT2D eigenvalue weighted by molar-refractivity contribution is 6.04. The minimum atomic E-state index is -0.172. The minimum absolute atomic E-state index is 0.0406. The van der Waals surface area contributed by atoms with Crippen molar-refractivity contribution in [1.29, 1.82) is 0 Å². The molecule has 0 unspecified atom stereocenters. The average molecular weight is 388 g/mol. The van der Waals surface area contributed by atoms with Crippen molar-refractivity contribution in [2.75, 3.05) is 18.5 Å². The summed E-state index contributed by atoms with van der Waals surface area (Å²) in [5, 5.41) is 5.68. The zero-order valence-corrected chi connectivity index (χ0v) is 16.1. The number of rotatable bonds is 9. The monoisotopic (exact) mass is 388 g/mol. The Bertz CT molecular complexity index is 910. The van der Waals surface area contributed by atoms with Crippen molar-refractivity contribution in [2.24, 2.45) is 0 Å². The summed E-state index contributed by atoms with van der Waals surface area (Å²) in [5.74, 6) is 0.246. The molecule has 0 saturated heterocycles. The molecule has 0 spiro atoms. The van der Waals surface area contributed by atoms with E-state index in [1.807, 2.05) is 36.4 Å². The molecule has 0 radical (unpaired) electrons. The van der Waals surface area contributed by atoms with Gasteiger partial charge in [0.05, 0.1) is 0 Å². The number of hydrogen-bond acceptors (Lipinski definition) is 3. The van der Waals surface area contributed by atoms with Crippen LogP contribution in [0.15, 0.2) is 84.9 Å². The van der Waals surface area contributed by atoms with Gasteiger partial charge in [0.25, 0.3) is 11.8 Å². The Morgan fingerprint density at radius 2 is 1.45 bits per heavy atom. The molecule has 0 bridgehead atoms. The van der Waals surface area contributed by atoms with Crippen LogP contribution in [0.2, 0.25) is 0 Å². The molecule has 2 amide bonds. The van der Waals surface area contributed by atoms with Crippen molar-refractivity contribution in [2.45, 2.75) is 12.8 Å². The molecule has 5 heteroatoms. The maximum atomic E-state index is 12.1. The van der Waals surface area contributed by atoms with Gasteiger partial charge in [-0.1, -0.05) is 48.5 Å². The smallest absolute Gasteiger partial charge is 0.257 e. The van der Waals surface area contributed by atoms with Crippen LogP contribution in [-0.4, -0.2) is 25.0 Å². The fourth-order valence-corrected chi connectivity index (χ4v) is 2.79. The van der Waals surface area contributed by atoms with Crippen LogP contribution in [-0.2, 0) is 11.2 Å². The maximum absolute atomic E-state index is 12.1. The molecule has 3 rings (SSSR count). The largest absolute Gasteiger partial charge is 0.484 e. The van der Waals surface area contributed by atoms with Crippen LogP contribution >= 0.6 is 0 Å². The number of benzene rings is 3. The number of anilines is 1. The predicted octanol–water partition coefficient (Wildman–Crippen LogP) is 4.07. The molecule has 0 aliphatic heterocycles. The molecule has 29 heavy (non-hydrogen) atoms. The summed E-state index contributed by atoms with van der Waals surface area (Å²) in [4.78, 5) is 24.0. The van der Waals surface area contributed by atoms with E-state index >= 15 is 0 Å². The van der Waals surface area contributed by atoms with Gasteiger partial charge in [0.15, 0.2) is 6.61 Å². The molecule has 5 nitrogen and oxygen atoms in total. The highest BCUT2D eigenvalue weighted by atomic mass is 16.5. The lowest BCUT2D eigenvalue weighted by Gasteiger charge is -2.09. The van der Waals surface area contributed by atoms with Crippen molar-refractivity contribution in [1.82, 2.24) is 5.32 Å². The average Bonchev–Trinajstić information content (AvgIpc) is 2.77. The van der Waals surface area contributed by atoms with E-state index in [1.165, 1.54) is 5.56 Å². The Labute approximate surface area is 170 Å². The first-order chi connectivity index (χ1) is 14.2. The molecule has 0 fully saturated rings. The molecular formula is C24H24N2O3. The van der Waals surface area contributed by atoms with Crippen molar-refractivity contribution in [3.8, 4) is 5.75 Å². The molecule has 3 aromatic carbocycles. The number of nitrogens with one attached hydrogen (secondary N) is 2. The Kier molecular flexibility index (Phi) is 7.41. The topological polar surface area (TPSA) is 67.4 Å². The lowest BCUT2D eigenvalue weighted by Crippen LogP contribution is -2.29. The molecule has 2 N–H and O–H groups in total. The van der Waals surface area contributed by atoms with Crippen molar-refractivity contribution < 1.29 is 14.3 Å². The Morgan fingerprint density at radius 3 is 2.14 bits per heavy atom. The first kappa shape index (κ1) is 20.1. The molecule has 0 heterocycles. The second kappa shape index (κ2) is 10.7. The van der Waals surface area contributed by atoms with Crippen molar-refractivity contribution in [3.63, 3.8) is 0 Å². The summed E-state index contributed by atoms with van der Waals surface area (Å²) in [5.41, 5.74) is 2.52. The molecule has 0 aliphatic carbocycles. The molecule has 0 atom stereocenters. The normalized spacial score (nSPS) is 10.2. The van der Waals surface area contributed by atoms with E-state index in [1.54, 1.807) is 36.4 Å². The molecule has 148 valence electrons. The highest BCUT2D eigenvalue weighted by Gasteiger charge is 2.06. The van der Waals surface area contributed by atoms with Crippen LogP contribution < -0.4 is 15.4 Å². The van der Waals surface area contributed by atoms with Gasteiger partial charge in [0, 0.05) is 17.8 Å². The first-order valence-corrected chi connectivity index (χ1v) is 9.60. The highest BCUT2D eigenvalue weighted by Crippen LogP contribution is 2.16. The van der Waals surface area contributed by atoms with E-state index in [0.29, 0.717) is 23.5 Å². The number of carbonyl (C=O) groups excluding carboxylic acids is 2. The molecule has 3 aromatic rings. The number of carbonyl (C=O) groups is 2. The van der Waals surface area contributed by atoms with E-state index in [9.17, 15) is 9.59 Å². The van der Waals surface area contributed by atoms with Gasteiger partial charge in [-0.25, -0.2) is 0 Å². The van der Waals surface area contributed by atoms with Gasteiger partial charge < -0.3 is 15.4 Å². The zero-order valence-electron chi connectivity index (χ0n) is 16.1. The van der Waals surface area contributed by atoms with Gasteiger partial charge in [-0.3, -0.25) is 9.59 Å². The van der Waals surface area contributed by atoms with Gasteiger partial charge in [-0.15, -0.1) is 0 Å². The van der Waals surface area contributed by atoms with E-state index in [-0.39, 0.29) is 18.4 Å². The van der Waals surface area contributed by atoms with Gasteiger partial charge in [0.2, 0.25) is 0 Å².